The summed E-state index contributed by atoms with van der Waals surface area (Å²) in [6.45, 7) is 9.88. The maximum Gasteiger partial charge on any atom is 0.0113 e. The zero-order valence-corrected chi connectivity index (χ0v) is 7.80. The standard InChI is InChI=1S/C11H15N/c1-5-9(3)11-8-12(4)7-10(11)6-2/h6-8H,2-3,5H2,1,4H3. The number of nitrogens with zero attached hydrogens (tertiary/aromatic N) is 1. The molecule has 0 aromatic carbocycles. The molecule has 0 aliphatic rings. The molecule has 64 valence electrons. The van der Waals surface area contributed by atoms with Crippen molar-refractivity contribution in [2.45, 2.75) is 13.3 Å². The molecule has 1 nitrogen and oxygen atoms in total. The molecule has 0 radical (unpaired) electrons. The molecule has 0 N–H and O–H groups in total. The molecule has 0 fully saturated rings. The molecule has 0 amide bonds. The average Bonchev–Trinajstić information content (AvgIpc) is 2.45. The summed E-state index contributed by atoms with van der Waals surface area (Å²) in [5.74, 6) is 0. The Kier molecular flexibility index (Phi) is 2.54. The van der Waals surface area contributed by atoms with Gasteiger partial charge in [-0.15, -0.1) is 0 Å². The van der Waals surface area contributed by atoms with E-state index in [1.165, 1.54) is 16.7 Å². The third kappa shape index (κ3) is 1.50. The fourth-order valence-electron chi connectivity index (χ4n) is 1.25. The number of hydrogen-bond acceptors (Lipinski definition) is 0. The van der Waals surface area contributed by atoms with Gasteiger partial charge in [0.15, 0.2) is 0 Å². The first-order valence-electron chi connectivity index (χ1n) is 4.15. The van der Waals surface area contributed by atoms with E-state index < -0.39 is 0 Å². The monoisotopic (exact) mass is 161 g/mol. The van der Waals surface area contributed by atoms with Crippen LogP contribution in [0.1, 0.15) is 24.5 Å². The Labute approximate surface area is 74.0 Å². The number of hydrogen-bond donors (Lipinski definition) is 0. The summed E-state index contributed by atoms with van der Waals surface area (Å²) >= 11 is 0. The van der Waals surface area contributed by atoms with Gasteiger partial charge in [-0.05, 0) is 17.6 Å². The minimum atomic E-state index is 0.991. The first-order valence-corrected chi connectivity index (χ1v) is 4.15. The largest absolute Gasteiger partial charge is 0.356 e. The van der Waals surface area contributed by atoms with Gasteiger partial charge in [0.2, 0.25) is 0 Å². The summed E-state index contributed by atoms with van der Waals surface area (Å²) in [6, 6.07) is 0. The Hall–Kier alpha value is -1.24. The Morgan fingerprint density at radius 1 is 1.58 bits per heavy atom. The van der Waals surface area contributed by atoms with E-state index in [-0.39, 0.29) is 0 Å². The molecule has 0 aliphatic heterocycles. The molecule has 0 saturated heterocycles. The van der Waals surface area contributed by atoms with Gasteiger partial charge in [-0.3, -0.25) is 0 Å². The highest BCUT2D eigenvalue weighted by molar-refractivity contribution is 5.72. The zero-order chi connectivity index (χ0) is 9.14. The van der Waals surface area contributed by atoms with Crippen LogP contribution >= 0.6 is 0 Å². The van der Waals surface area contributed by atoms with Crippen LogP contribution in [0.25, 0.3) is 11.6 Å². The topological polar surface area (TPSA) is 4.93 Å². The van der Waals surface area contributed by atoms with E-state index in [1.807, 2.05) is 17.7 Å². The molecule has 1 aromatic rings. The number of rotatable bonds is 3. The molecule has 0 saturated carbocycles. The van der Waals surface area contributed by atoms with Crippen molar-refractivity contribution in [1.29, 1.82) is 0 Å². The predicted octanol–water partition coefficient (Wildman–Crippen LogP) is 3.09. The van der Waals surface area contributed by atoms with Gasteiger partial charge < -0.3 is 4.57 Å². The van der Waals surface area contributed by atoms with E-state index in [9.17, 15) is 0 Å². The lowest BCUT2D eigenvalue weighted by Gasteiger charge is -1.99. The Morgan fingerprint density at radius 2 is 2.25 bits per heavy atom. The van der Waals surface area contributed by atoms with Crippen molar-refractivity contribution < 1.29 is 0 Å². The summed E-state index contributed by atoms with van der Waals surface area (Å²) < 4.78 is 2.03. The van der Waals surface area contributed by atoms with Crippen LogP contribution in [0.4, 0.5) is 0 Å². The summed E-state index contributed by atoms with van der Waals surface area (Å²) in [5.41, 5.74) is 3.56. The predicted molar refractivity (Wildman–Crippen MR) is 54.8 cm³/mol. The maximum absolute atomic E-state index is 4.00. The third-order valence-electron chi connectivity index (χ3n) is 2.01. The fourth-order valence-corrected chi connectivity index (χ4v) is 1.25. The molecule has 0 spiro atoms. The van der Waals surface area contributed by atoms with Gasteiger partial charge in [0.25, 0.3) is 0 Å². The Morgan fingerprint density at radius 3 is 2.75 bits per heavy atom. The maximum atomic E-state index is 4.00. The molecule has 1 heteroatoms. The third-order valence-corrected chi connectivity index (χ3v) is 2.01. The van der Waals surface area contributed by atoms with Crippen LogP contribution < -0.4 is 0 Å². The molecule has 0 bridgehead atoms. The zero-order valence-electron chi connectivity index (χ0n) is 7.80. The smallest absolute Gasteiger partial charge is 0.0113 e. The summed E-state index contributed by atoms with van der Waals surface area (Å²) in [7, 11) is 2.01. The lowest BCUT2D eigenvalue weighted by molar-refractivity contribution is 0.925. The average molecular weight is 161 g/mol. The molecule has 1 heterocycles. The van der Waals surface area contributed by atoms with Gasteiger partial charge in [-0.2, -0.15) is 0 Å². The second-order valence-electron chi connectivity index (χ2n) is 2.95. The van der Waals surface area contributed by atoms with Crippen LogP contribution in [0.2, 0.25) is 0 Å². The van der Waals surface area contributed by atoms with E-state index in [0.29, 0.717) is 0 Å². The van der Waals surface area contributed by atoms with Crippen LogP contribution in [0.15, 0.2) is 25.6 Å². The highest BCUT2D eigenvalue weighted by Crippen LogP contribution is 2.21. The summed E-state index contributed by atoms with van der Waals surface area (Å²) in [4.78, 5) is 0. The first kappa shape index (κ1) is 8.85. The molecule has 1 aromatic heterocycles. The van der Waals surface area contributed by atoms with Gasteiger partial charge in [0, 0.05) is 25.0 Å². The lowest BCUT2D eigenvalue weighted by Crippen LogP contribution is -1.80. The van der Waals surface area contributed by atoms with E-state index in [4.69, 9.17) is 0 Å². The second kappa shape index (κ2) is 3.44. The molecule has 0 unspecified atom stereocenters. The first-order chi connectivity index (χ1) is 5.69. The number of allylic oxidation sites excluding steroid dienone is 1. The van der Waals surface area contributed by atoms with Crippen molar-refractivity contribution in [2.24, 2.45) is 7.05 Å². The van der Waals surface area contributed by atoms with Crippen LogP contribution in [0.5, 0.6) is 0 Å². The van der Waals surface area contributed by atoms with Crippen molar-refractivity contribution in [3.63, 3.8) is 0 Å². The van der Waals surface area contributed by atoms with Gasteiger partial charge in [-0.1, -0.05) is 26.2 Å². The molecule has 12 heavy (non-hydrogen) atoms. The summed E-state index contributed by atoms with van der Waals surface area (Å²) in [6.07, 6.45) is 7.01. The molecular weight excluding hydrogens is 146 g/mol. The second-order valence-corrected chi connectivity index (χ2v) is 2.95. The van der Waals surface area contributed by atoms with Gasteiger partial charge in [0.05, 0.1) is 0 Å². The molecule has 0 atom stereocenters. The molecule has 1 rings (SSSR count). The SMILES string of the molecule is C=Cc1cn(C)cc1C(=C)CC. The van der Waals surface area contributed by atoms with Crippen LogP contribution in [0.3, 0.4) is 0 Å². The Bertz CT molecular complexity index is 305. The van der Waals surface area contributed by atoms with Gasteiger partial charge in [0.1, 0.15) is 0 Å². The normalized spacial score (nSPS) is 9.83. The van der Waals surface area contributed by atoms with Crippen molar-refractivity contribution in [1.82, 2.24) is 4.57 Å². The minimum absolute atomic E-state index is 0.991. The molecular formula is C11H15N. The van der Waals surface area contributed by atoms with Crippen molar-refractivity contribution in [2.75, 3.05) is 0 Å². The van der Waals surface area contributed by atoms with E-state index in [0.717, 1.165) is 6.42 Å². The quantitative estimate of drug-likeness (QED) is 0.642. The summed E-state index contributed by atoms with van der Waals surface area (Å²) in [5, 5.41) is 0. The van der Waals surface area contributed by atoms with Crippen molar-refractivity contribution >= 4 is 11.6 Å². The lowest BCUT2D eigenvalue weighted by atomic mass is 10.0. The molecule has 0 aliphatic carbocycles. The highest BCUT2D eigenvalue weighted by Gasteiger charge is 2.03. The highest BCUT2D eigenvalue weighted by atomic mass is 14.9. The van der Waals surface area contributed by atoms with Crippen molar-refractivity contribution in [3.8, 4) is 0 Å². The van der Waals surface area contributed by atoms with Gasteiger partial charge in [-0.25, -0.2) is 0 Å². The van der Waals surface area contributed by atoms with Crippen molar-refractivity contribution in [3.05, 3.63) is 36.7 Å². The van der Waals surface area contributed by atoms with Crippen LogP contribution in [-0.2, 0) is 7.05 Å². The minimum Gasteiger partial charge on any atom is -0.356 e. The van der Waals surface area contributed by atoms with E-state index >= 15 is 0 Å². The van der Waals surface area contributed by atoms with E-state index in [2.05, 4.69) is 32.5 Å². The number of aromatic nitrogens is 1. The van der Waals surface area contributed by atoms with Gasteiger partial charge >= 0.3 is 0 Å². The van der Waals surface area contributed by atoms with Crippen LogP contribution in [0, 0.1) is 0 Å². The Balaban J connectivity index is 3.12. The van der Waals surface area contributed by atoms with E-state index in [1.54, 1.807) is 0 Å². The number of aryl methyl sites for hydroxylation is 1. The van der Waals surface area contributed by atoms with Crippen LogP contribution in [-0.4, -0.2) is 4.57 Å². The fraction of sp³-hybridized carbons (Fsp3) is 0.273.